The Morgan fingerprint density at radius 3 is 2.42 bits per heavy atom. The third-order valence-electron chi connectivity index (χ3n) is 5.09. The molecule has 1 N–H and O–H groups in total. The third-order valence-corrected chi connectivity index (χ3v) is 5.09. The summed E-state index contributed by atoms with van der Waals surface area (Å²) in [6.45, 7) is 2.55. The van der Waals surface area contributed by atoms with Gasteiger partial charge in [-0.15, -0.1) is 0 Å². The van der Waals surface area contributed by atoms with Crippen LogP contribution in [0.25, 0.3) is 0 Å². The van der Waals surface area contributed by atoms with Crippen LogP contribution in [0.2, 0.25) is 0 Å². The summed E-state index contributed by atoms with van der Waals surface area (Å²) in [6, 6.07) is 0.418. The van der Waals surface area contributed by atoms with Crippen molar-refractivity contribution in [3.05, 3.63) is 18.0 Å². The second-order valence-electron chi connectivity index (χ2n) is 6.17. The fourth-order valence-electron chi connectivity index (χ4n) is 4.27. The maximum Gasteiger partial charge on any atom is 0.0538 e. The summed E-state index contributed by atoms with van der Waals surface area (Å²) in [5.41, 5.74) is 1.67. The van der Waals surface area contributed by atoms with Gasteiger partial charge in [0.05, 0.1) is 12.2 Å². The Morgan fingerprint density at radius 1 is 1.21 bits per heavy atom. The smallest absolute Gasteiger partial charge is 0.0538 e. The highest BCUT2D eigenvalue weighted by atomic mass is 15.3. The quantitative estimate of drug-likeness (QED) is 0.902. The number of hydrogen-bond acceptors (Lipinski definition) is 3. The molecular formula is C15H26N4. The van der Waals surface area contributed by atoms with Gasteiger partial charge in [0.2, 0.25) is 0 Å². The molecule has 1 aliphatic heterocycles. The number of likely N-dealkylation sites (tertiary alicyclic amines) is 1. The van der Waals surface area contributed by atoms with Crippen LogP contribution in [0.1, 0.15) is 50.1 Å². The molecule has 1 aromatic heterocycles. The summed E-state index contributed by atoms with van der Waals surface area (Å²) in [7, 11) is 4.11. The van der Waals surface area contributed by atoms with E-state index >= 15 is 0 Å². The van der Waals surface area contributed by atoms with Gasteiger partial charge in [0, 0.05) is 24.3 Å². The third kappa shape index (κ3) is 2.21. The van der Waals surface area contributed by atoms with Gasteiger partial charge in [0.25, 0.3) is 0 Å². The van der Waals surface area contributed by atoms with Crippen molar-refractivity contribution in [2.75, 3.05) is 20.1 Å². The Labute approximate surface area is 116 Å². The molecule has 0 aromatic carbocycles. The number of aryl methyl sites for hydroxylation is 1. The molecule has 0 radical (unpaired) electrons. The van der Waals surface area contributed by atoms with Crippen LogP contribution in [-0.2, 0) is 7.05 Å². The highest BCUT2D eigenvalue weighted by Gasteiger charge is 2.46. The SMILES string of the molecule is CNC(c1cnn(C)c1)C1(N2CCCC2)CCCC1. The average Bonchev–Trinajstić information content (AvgIpc) is 3.10. The van der Waals surface area contributed by atoms with Gasteiger partial charge < -0.3 is 5.32 Å². The van der Waals surface area contributed by atoms with Crippen LogP contribution >= 0.6 is 0 Å². The molecule has 1 saturated carbocycles. The minimum absolute atomic E-state index is 0.328. The van der Waals surface area contributed by atoms with E-state index in [1.807, 2.05) is 17.9 Å². The molecule has 1 aromatic rings. The predicted octanol–water partition coefficient (Wildman–Crippen LogP) is 2.09. The minimum atomic E-state index is 0.328. The Kier molecular flexibility index (Phi) is 3.63. The maximum absolute atomic E-state index is 4.37. The number of hydrogen-bond donors (Lipinski definition) is 1. The van der Waals surface area contributed by atoms with E-state index in [1.54, 1.807) is 0 Å². The van der Waals surface area contributed by atoms with Gasteiger partial charge in [-0.1, -0.05) is 12.8 Å². The molecule has 2 heterocycles. The lowest BCUT2D eigenvalue weighted by Crippen LogP contribution is -2.53. The highest BCUT2D eigenvalue weighted by Crippen LogP contribution is 2.45. The molecule has 0 spiro atoms. The average molecular weight is 262 g/mol. The normalized spacial score (nSPS) is 24.9. The molecule has 2 fully saturated rings. The zero-order chi connectivity index (χ0) is 13.3. The van der Waals surface area contributed by atoms with Crippen molar-refractivity contribution in [3.63, 3.8) is 0 Å². The van der Waals surface area contributed by atoms with Crippen molar-refractivity contribution in [1.29, 1.82) is 0 Å². The molecule has 0 bridgehead atoms. The van der Waals surface area contributed by atoms with Crippen molar-refractivity contribution in [2.45, 2.75) is 50.1 Å². The molecule has 3 rings (SSSR count). The zero-order valence-electron chi connectivity index (χ0n) is 12.2. The van der Waals surface area contributed by atoms with Gasteiger partial charge in [-0.25, -0.2) is 0 Å². The summed E-state index contributed by atoms with van der Waals surface area (Å²) >= 11 is 0. The number of aromatic nitrogens is 2. The first kappa shape index (κ1) is 13.1. The maximum atomic E-state index is 4.37. The topological polar surface area (TPSA) is 33.1 Å². The summed E-state index contributed by atoms with van der Waals surface area (Å²) in [5, 5.41) is 7.97. The summed E-state index contributed by atoms with van der Waals surface area (Å²) in [6.07, 6.45) is 12.3. The van der Waals surface area contributed by atoms with Crippen molar-refractivity contribution in [3.8, 4) is 0 Å². The van der Waals surface area contributed by atoms with Crippen LogP contribution < -0.4 is 5.32 Å². The van der Waals surface area contributed by atoms with E-state index in [0.717, 1.165) is 0 Å². The fraction of sp³-hybridized carbons (Fsp3) is 0.800. The lowest BCUT2D eigenvalue weighted by molar-refractivity contribution is 0.0796. The first-order valence-corrected chi connectivity index (χ1v) is 7.67. The van der Waals surface area contributed by atoms with Crippen LogP contribution in [0, 0.1) is 0 Å². The molecular weight excluding hydrogens is 236 g/mol. The molecule has 4 nitrogen and oxygen atoms in total. The summed E-state index contributed by atoms with van der Waals surface area (Å²) in [5.74, 6) is 0. The summed E-state index contributed by atoms with van der Waals surface area (Å²) in [4.78, 5) is 2.76. The van der Waals surface area contributed by atoms with Gasteiger partial charge >= 0.3 is 0 Å². The van der Waals surface area contributed by atoms with Crippen molar-refractivity contribution < 1.29 is 0 Å². The molecule has 19 heavy (non-hydrogen) atoms. The lowest BCUT2D eigenvalue weighted by atomic mass is 9.83. The Morgan fingerprint density at radius 2 is 1.89 bits per heavy atom. The van der Waals surface area contributed by atoms with E-state index < -0.39 is 0 Å². The second-order valence-corrected chi connectivity index (χ2v) is 6.17. The van der Waals surface area contributed by atoms with E-state index in [0.29, 0.717) is 11.6 Å². The van der Waals surface area contributed by atoms with E-state index in [9.17, 15) is 0 Å². The van der Waals surface area contributed by atoms with Gasteiger partial charge in [-0.2, -0.15) is 5.10 Å². The summed E-state index contributed by atoms with van der Waals surface area (Å²) < 4.78 is 1.92. The molecule has 1 unspecified atom stereocenters. The van der Waals surface area contributed by atoms with E-state index in [2.05, 4.69) is 28.6 Å². The van der Waals surface area contributed by atoms with Crippen molar-refractivity contribution in [2.24, 2.45) is 7.05 Å². The van der Waals surface area contributed by atoms with Crippen LogP contribution in [-0.4, -0.2) is 40.4 Å². The van der Waals surface area contributed by atoms with Crippen molar-refractivity contribution in [1.82, 2.24) is 20.0 Å². The number of nitrogens with one attached hydrogen (secondary N) is 1. The Bertz CT molecular complexity index is 414. The van der Waals surface area contributed by atoms with Crippen LogP contribution in [0.3, 0.4) is 0 Å². The molecule has 0 amide bonds. The van der Waals surface area contributed by atoms with Gasteiger partial charge in [-0.3, -0.25) is 9.58 Å². The molecule has 106 valence electrons. The van der Waals surface area contributed by atoms with Crippen LogP contribution in [0.4, 0.5) is 0 Å². The number of rotatable bonds is 4. The van der Waals surface area contributed by atoms with Crippen LogP contribution in [0.15, 0.2) is 12.4 Å². The Hall–Kier alpha value is -0.870. The first-order chi connectivity index (χ1) is 9.26. The Balaban J connectivity index is 1.93. The van der Waals surface area contributed by atoms with E-state index in [-0.39, 0.29) is 0 Å². The largest absolute Gasteiger partial charge is 0.311 e. The minimum Gasteiger partial charge on any atom is -0.311 e. The molecule has 2 aliphatic rings. The van der Waals surface area contributed by atoms with Gasteiger partial charge in [0.1, 0.15) is 0 Å². The predicted molar refractivity (Wildman–Crippen MR) is 77.0 cm³/mol. The lowest BCUT2D eigenvalue weighted by Gasteiger charge is -2.44. The van der Waals surface area contributed by atoms with Gasteiger partial charge in [0.15, 0.2) is 0 Å². The van der Waals surface area contributed by atoms with Crippen molar-refractivity contribution >= 4 is 0 Å². The number of likely N-dealkylation sites (N-methyl/N-ethyl adjacent to an activating group) is 1. The molecule has 1 saturated heterocycles. The van der Waals surface area contributed by atoms with E-state index in [4.69, 9.17) is 0 Å². The van der Waals surface area contributed by atoms with Gasteiger partial charge in [-0.05, 0) is 45.8 Å². The second kappa shape index (κ2) is 5.25. The fourth-order valence-corrected chi connectivity index (χ4v) is 4.27. The van der Waals surface area contributed by atoms with Crippen LogP contribution in [0.5, 0.6) is 0 Å². The molecule has 1 aliphatic carbocycles. The first-order valence-electron chi connectivity index (χ1n) is 7.67. The molecule has 1 atom stereocenters. The van der Waals surface area contributed by atoms with E-state index in [1.165, 1.54) is 57.2 Å². The molecule has 4 heteroatoms. The monoisotopic (exact) mass is 262 g/mol. The number of nitrogens with zero attached hydrogens (tertiary/aromatic N) is 3. The zero-order valence-corrected chi connectivity index (χ0v) is 12.2. The highest BCUT2D eigenvalue weighted by molar-refractivity contribution is 5.19. The standard InChI is InChI=1S/C15H26N4/c1-16-14(13-11-17-18(2)12-13)15(7-3-4-8-15)19-9-5-6-10-19/h11-12,14,16H,3-10H2,1-2H3.